The van der Waals surface area contributed by atoms with Crippen molar-refractivity contribution in [1.29, 1.82) is 0 Å². The zero-order valence-electron chi connectivity index (χ0n) is 12.1. The molecule has 0 radical (unpaired) electrons. The van der Waals surface area contributed by atoms with Crippen molar-refractivity contribution in [3.05, 3.63) is 70.3 Å². The van der Waals surface area contributed by atoms with E-state index in [2.05, 4.69) is 5.32 Å². The molecule has 0 spiro atoms. The van der Waals surface area contributed by atoms with Crippen molar-refractivity contribution in [1.82, 2.24) is 0 Å². The van der Waals surface area contributed by atoms with Gasteiger partial charge in [0.1, 0.15) is 0 Å². The average molecular weight is 316 g/mol. The number of nitro benzene ring substituents is 1. The first-order chi connectivity index (χ1) is 10.6. The maximum absolute atomic E-state index is 12.1. The van der Waals surface area contributed by atoms with Crippen LogP contribution in [-0.2, 0) is 10.5 Å². The van der Waals surface area contributed by atoms with Crippen LogP contribution in [0.5, 0.6) is 0 Å². The van der Waals surface area contributed by atoms with E-state index in [1.54, 1.807) is 12.1 Å². The Morgan fingerprint density at radius 2 is 1.95 bits per heavy atom. The highest BCUT2D eigenvalue weighted by Crippen LogP contribution is 2.21. The van der Waals surface area contributed by atoms with E-state index in [1.807, 2.05) is 37.3 Å². The van der Waals surface area contributed by atoms with Crippen LogP contribution >= 0.6 is 11.8 Å². The van der Waals surface area contributed by atoms with Crippen LogP contribution in [0.1, 0.15) is 12.5 Å². The third kappa shape index (κ3) is 4.60. The van der Waals surface area contributed by atoms with Crippen LogP contribution in [-0.4, -0.2) is 16.1 Å². The second-order valence-electron chi connectivity index (χ2n) is 4.74. The summed E-state index contributed by atoms with van der Waals surface area (Å²) in [5, 5.41) is 13.2. The summed E-state index contributed by atoms with van der Waals surface area (Å²) in [5.74, 6) is 0.575. The highest BCUT2D eigenvalue weighted by atomic mass is 32.2. The number of hydrogen-bond acceptors (Lipinski definition) is 4. The Morgan fingerprint density at radius 1 is 1.23 bits per heavy atom. The Balaban J connectivity index is 1.91. The standard InChI is InChI=1S/C16H16N2O3S/c1-12(22-11-13-6-3-2-4-7-13)16(19)17-14-8-5-9-15(10-14)18(20)21/h2-10,12H,11H2,1H3,(H,17,19). The minimum absolute atomic E-state index is 0.0395. The van der Waals surface area contributed by atoms with Gasteiger partial charge in [0.25, 0.3) is 5.69 Å². The van der Waals surface area contributed by atoms with E-state index in [1.165, 1.54) is 23.9 Å². The molecule has 0 bridgehead atoms. The lowest BCUT2D eigenvalue weighted by atomic mass is 10.2. The smallest absolute Gasteiger partial charge is 0.271 e. The molecular formula is C16H16N2O3S. The predicted octanol–water partition coefficient (Wildman–Crippen LogP) is 3.86. The molecular weight excluding hydrogens is 300 g/mol. The van der Waals surface area contributed by atoms with E-state index < -0.39 is 4.92 Å². The molecule has 0 heterocycles. The number of hydrogen-bond donors (Lipinski definition) is 1. The third-order valence-electron chi connectivity index (χ3n) is 3.04. The number of non-ortho nitro benzene ring substituents is 1. The summed E-state index contributed by atoms with van der Waals surface area (Å²) in [7, 11) is 0. The number of amides is 1. The number of carbonyl (C=O) groups is 1. The summed E-state index contributed by atoms with van der Waals surface area (Å²) in [6, 6.07) is 15.8. The SMILES string of the molecule is CC(SCc1ccccc1)C(=O)Nc1cccc([N+](=O)[O-])c1. The number of nitrogens with one attached hydrogen (secondary N) is 1. The van der Waals surface area contributed by atoms with Crippen LogP contribution in [0.25, 0.3) is 0 Å². The molecule has 1 unspecified atom stereocenters. The van der Waals surface area contributed by atoms with Crippen LogP contribution in [0.4, 0.5) is 11.4 Å². The minimum atomic E-state index is -0.483. The molecule has 0 aliphatic rings. The summed E-state index contributed by atoms with van der Waals surface area (Å²) in [4.78, 5) is 22.4. The highest BCUT2D eigenvalue weighted by Gasteiger charge is 2.15. The van der Waals surface area contributed by atoms with Crippen LogP contribution in [0.3, 0.4) is 0 Å². The van der Waals surface area contributed by atoms with Gasteiger partial charge in [-0.3, -0.25) is 14.9 Å². The molecule has 0 aliphatic heterocycles. The van der Waals surface area contributed by atoms with Crippen molar-refractivity contribution in [3.63, 3.8) is 0 Å². The van der Waals surface area contributed by atoms with Crippen molar-refractivity contribution in [2.75, 3.05) is 5.32 Å². The topological polar surface area (TPSA) is 72.2 Å². The van der Waals surface area contributed by atoms with E-state index in [0.717, 1.165) is 11.3 Å². The molecule has 6 heteroatoms. The van der Waals surface area contributed by atoms with Gasteiger partial charge < -0.3 is 5.32 Å². The van der Waals surface area contributed by atoms with Crippen molar-refractivity contribution in [2.24, 2.45) is 0 Å². The van der Waals surface area contributed by atoms with Gasteiger partial charge in [-0.1, -0.05) is 36.4 Å². The van der Waals surface area contributed by atoms with Crippen molar-refractivity contribution in [3.8, 4) is 0 Å². The fourth-order valence-corrected chi connectivity index (χ4v) is 2.66. The molecule has 22 heavy (non-hydrogen) atoms. The molecule has 2 rings (SSSR count). The molecule has 0 fully saturated rings. The Kier molecular flexibility index (Phi) is 5.55. The molecule has 2 aromatic carbocycles. The van der Waals surface area contributed by atoms with Crippen molar-refractivity contribution >= 4 is 29.0 Å². The fraction of sp³-hybridized carbons (Fsp3) is 0.188. The van der Waals surface area contributed by atoms with Gasteiger partial charge in [-0.25, -0.2) is 0 Å². The molecule has 1 N–H and O–H groups in total. The Hall–Kier alpha value is -2.34. The highest BCUT2D eigenvalue weighted by molar-refractivity contribution is 7.99. The summed E-state index contributed by atoms with van der Waals surface area (Å²) >= 11 is 1.52. The monoisotopic (exact) mass is 316 g/mol. The zero-order chi connectivity index (χ0) is 15.9. The van der Waals surface area contributed by atoms with Crippen molar-refractivity contribution in [2.45, 2.75) is 17.9 Å². The molecule has 2 aromatic rings. The van der Waals surface area contributed by atoms with Gasteiger partial charge in [0, 0.05) is 23.6 Å². The third-order valence-corrected chi connectivity index (χ3v) is 4.25. The number of benzene rings is 2. The van der Waals surface area contributed by atoms with Crippen LogP contribution in [0.2, 0.25) is 0 Å². The molecule has 0 aromatic heterocycles. The van der Waals surface area contributed by atoms with Gasteiger partial charge in [0.05, 0.1) is 10.2 Å². The van der Waals surface area contributed by atoms with Gasteiger partial charge in [-0.05, 0) is 18.6 Å². The Bertz CT molecular complexity index is 661. The van der Waals surface area contributed by atoms with Crippen molar-refractivity contribution < 1.29 is 9.72 Å². The van der Waals surface area contributed by atoms with Gasteiger partial charge in [0.2, 0.25) is 5.91 Å². The summed E-state index contributed by atoms with van der Waals surface area (Å²) < 4.78 is 0. The molecule has 0 aliphatic carbocycles. The second-order valence-corrected chi connectivity index (χ2v) is 6.06. The fourth-order valence-electron chi connectivity index (χ4n) is 1.81. The maximum Gasteiger partial charge on any atom is 0.271 e. The van der Waals surface area contributed by atoms with E-state index in [0.29, 0.717) is 5.69 Å². The molecule has 1 atom stereocenters. The number of thioether (sulfide) groups is 1. The lowest BCUT2D eigenvalue weighted by Gasteiger charge is -2.12. The Labute approximate surface area is 132 Å². The number of rotatable bonds is 6. The van der Waals surface area contributed by atoms with Gasteiger partial charge in [-0.15, -0.1) is 11.8 Å². The number of anilines is 1. The minimum Gasteiger partial charge on any atom is -0.325 e. The van der Waals surface area contributed by atoms with E-state index >= 15 is 0 Å². The van der Waals surface area contributed by atoms with Gasteiger partial charge in [0.15, 0.2) is 0 Å². The zero-order valence-corrected chi connectivity index (χ0v) is 12.9. The summed E-state index contributed by atoms with van der Waals surface area (Å²) in [6.45, 7) is 1.82. The Morgan fingerprint density at radius 3 is 2.64 bits per heavy atom. The van der Waals surface area contributed by atoms with E-state index in [-0.39, 0.29) is 16.8 Å². The predicted molar refractivity (Wildman–Crippen MR) is 88.9 cm³/mol. The van der Waals surface area contributed by atoms with Gasteiger partial charge in [-0.2, -0.15) is 0 Å². The first-order valence-electron chi connectivity index (χ1n) is 6.77. The first-order valence-corrected chi connectivity index (χ1v) is 7.82. The molecule has 5 nitrogen and oxygen atoms in total. The van der Waals surface area contributed by atoms with Crippen LogP contribution in [0.15, 0.2) is 54.6 Å². The lowest BCUT2D eigenvalue weighted by molar-refractivity contribution is -0.384. The first kappa shape index (κ1) is 16.0. The molecule has 1 amide bonds. The number of nitro groups is 1. The largest absolute Gasteiger partial charge is 0.325 e. The molecule has 0 saturated carbocycles. The van der Waals surface area contributed by atoms with E-state index in [4.69, 9.17) is 0 Å². The van der Waals surface area contributed by atoms with Gasteiger partial charge >= 0.3 is 0 Å². The van der Waals surface area contributed by atoms with Crippen LogP contribution in [0, 0.1) is 10.1 Å². The molecule has 0 saturated heterocycles. The lowest BCUT2D eigenvalue weighted by Crippen LogP contribution is -2.22. The molecule has 114 valence electrons. The van der Waals surface area contributed by atoms with E-state index in [9.17, 15) is 14.9 Å². The summed E-state index contributed by atoms with van der Waals surface area (Å²) in [5.41, 5.74) is 1.55. The second kappa shape index (κ2) is 7.61. The maximum atomic E-state index is 12.1. The number of nitrogens with zero attached hydrogens (tertiary/aromatic N) is 1. The number of carbonyl (C=O) groups excluding carboxylic acids is 1. The quantitative estimate of drug-likeness (QED) is 0.649. The van der Waals surface area contributed by atoms with Crippen LogP contribution < -0.4 is 5.32 Å². The summed E-state index contributed by atoms with van der Waals surface area (Å²) in [6.07, 6.45) is 0. The normalized spacial score (nSPS) is 11.7. The average Bonchev–Trinajstić information content (AvgIpc) is 2.53.